The minimum Gasteiger partial charge on any atom is -0.361 e. The average molecular weight is 299 g/mol. The largest absolute Gasteiger partial charge is 0.361 e. The van der Waals surface area contributed by atoms with Crippen molar-refractivity contribution in [2.75, 3.05) is 20.6 Å². The molecule has 0 unspecified atom stereocenters. The standard InChI is InChI=1S/C15H19N5.C2H6/c1-19(2)6-5-13-8-17-15-4-3-12(7-14(13)15)9-20-11-16-10-18-20;1-2/h3-4,7-8,10-11,17H,5-6,9H2,1-2H3;1-2H3. The lowest BCUT2D eigenvalue weighted by Crippen LogP contribution is -2.14. The first kappa shape index (κ1) is 16.2. The van der Waals surface area contributed by atoms with Gasteiger partial charge in [0.1, 0.15) is 12.7 Å². The normalized spacial score (nSPS) is 10.8. The van der Waals surface area contributed by atoms with Crippen molar-refractivity contribution in [2.24, 2.45) is 0 Å². The van der Waals surface area contributed by atoms with Crippen LogP contribution < -0.4 is 0 Å². The van der Waals surface area contributed by atoms with E-state index in [1.807, 2.05) is 18.5 Å². The quantitative estimate of drug-likeness (QED) is 0.788. The molecule has 0 bridgehead atoms. The average Bonchev–Trinajstić information content (AvgIpc) is 3.16. The first-order valence-electron chi connectivity index (χ1n) is 7.78. The Kier molecular flexibility index (Phi) is 5.72. The molecule has 0 saturated carbocycles. The van der Waals surface area contributed by atoms with E-state index >= 15 is 0 Å². The molecule has 0 fully saturated rings. The van der Waals surface area contributed by atoms with Crippen LogP contribution in [0.25, 0.3) is 10.9 Å². The van der Waals surface area contributed by atoms with Crippen LogP contribution in [0.5, 0.6) is 0 Å². The number of H-pyrrole nitrogens is 1. The van der Waals surface area contributed by atoms with Gasteiger partial charge in [0.2, 0.25) is 0 Å². The van der Waals surface area contributed by atoms with Crippen molar-refractivity contribution in [3.63, 3.8) is 0 Å². The van der Waals surface area contributed by atoms with Crippen LogP contribution in [0, 0.1) is 0 Å². The Hall–Kier alpha value is -2.14. The van der Waals surface area contributed by atoms with Gasteiger partial charge in [-0.1, -0.05) is 19.9 Å². The fourth-order valence-electron chi connectivity index (χ4n) is 2.38. The van der Waals surface area contributed by atoms with Crippen molar-refractivity contribution in [2.45, 2.75) is 26.8 Å². The molecule has 0 radical (unpaired) electrons. The molecule has 0 saturated heterocycles. The highest BCUT2D eigenvalue weighted by Crippen LogP contribution is 2.21. The molecule has 0 aliphatic carbocycles. The highest BCUT2D eigenvalue weighted by Gasteiger charge is 2.06. The van der Waals surface area contributed by atoms with Gasteiger partial charge in [-0.3, -0.25) is 0 Å². The maximum Gasteiger partial charge on any atom is 0.137 e. The van der Waals surface area contributed by atoms with E-state index in [0.717, 1.165) is 19.5 Å². The molecular formula is C17H25N5. The molecule has 5 nitrogen and oxygen atoms in total. The Bertz CT molecular complexity index is 682. The molecule has 22 heavy (non-hydrogen) atoms. The highest BCUT2D eigenvalue weighted by molar-refractivity contribution is 5.83. The van der Waals surface area contributed by atoms with Gasteiger partial charge >= 0.3 is 0 Å². The SMILES string of the molecule is CC.CN(C)CCc1c[nH]c2ccc(Cn3cncn3)cc12. The maximum absolute atomic E-state index is 4.15. The van der Waals surface area contributed by atoms with Crippen LogP contribution in [0.2, 0.25) is 0 Å². The predicted octanol–water partition coefficient (Wildman–Crippen LogP) is 2.94. The molecule has 0 atom stereocenters. The minimum atomic E-state index is 0.758. The summed E-state index contributed by atoms with van der Waals surface area (Å²) < 4.78 is 1.84. The van der Waals surface area contributed by atoms with E-state index in [-0.39, 0.29) is 0 Å². The van der Waals surface area contributed by atoms with E-state index < -0.39 is 0 Å². The molecule has 1 aromatic carbocycles. The monoisotopic (exact) mass is 299 g/mol. The summed E-state index contributed by atoms with van der Waals surface area (Å²) in [6.45, 7) is 5.81. The molecule has 0 amide bonds. The molecule has 5 heteroatoms. The fourth-order valence-corrected chi connectivity index (χ4v) is 2.38. The predicted molar refractivity (Wildman–Crippen MR) is 91.0 cm³/mol. The molecule has 0 aliphatic rings. The van der Waals surface area contributed by atoms with Crippen LogP contribution in [0.1, 0.15) is 25.0 Å². The summed E-state index contributed by atoms with van der Waals surface area (Å²) >= 11 is 0. The summed E-state index contributed by atoms with van der Waals surface area (Å²) in [6.07, 6.45) is 6.48. The summed E-state index contributed by atoms with van der Waals surface area (Å²) in [7, 11) is 4.20. The summed E-state index contributed by atoms with van der Waals surface area (Å²) in [6, 6.07) is 6.52. The van der Waals surface area contributed by atoms with E-state index in [2.05, 4.69) is 58.5 Å². The lowest BCUT2D eigenvalue weighted by molar-refractivity contribution is 0.414. The minimum absolute atomic E-state index is 0.758. The van der Waals surface area contributed by atoms with Crippen molar-refractivity contribution in [3.05, 3.63) is 48.2 Å². The number of nitrogens with zero attached hydrogens (tertiary/aromatic N) is 4. The highest BCUT2D eigenvalue weighted by atomic mass is 15.3. The Morgan fingerprint density at radius 3 is 2.73 bits per heavy atom. The Morgan fingerprint density at radius 2 is 2.05 bits per heavy atom. The van der Waals surface area contributed by atoms with E-state index in [9.17, 15) is 0 Å². The van der Waals surface area contributed by atoms with Crippen molar-refractivity contribution < 1.29 is 0 Å². The summed E-state index contributed by atoms with van der Waals surface area (Å²) in [5.41, 5.74) is 3.81. The number of hydrogen-bond acceptors (Lipinski definition) is 3. The number of aromatic amines is 1. The first-order valence-corrected chi connectivity index (χ1v) is 7.78. The summed E-state index contributed by atoms with van der Waals surface area (Å²) in [5.74, 6) is 0. The number of likely N-dealkylation sites (N-methyl/N-ethyl adjacent to an activating group) is 1. The Balaban J connectivity index is 0.000000847. The Labute approximate surface area is 132 Å². The molecule has 0 aliphatic heterocycles. The van der Waals surface area contributed by atoms with Gasteiger partial charge in [0.15, 0.2) is 0 Å². The molecule has 2 heterocycles. The van der Waals surface area contributed by atoms with E-state index in [1.165, 1.54) is 22.0 Å². The Morgan fingerprint density at radius 1 is 1.23 bits per heavy atom. The second-order valence-corrected chi connectivity index (χ2v) is 5.34. The smallest absolute Gasteiger partial charge is 0.137 e. The van der Waals surface area contributed by atoms with Crippen molar-refractivity contribution in [1.29, 1.82) is 0 Å². The number of benzene rings is 1. The first-order chi connectivity index (χ1) is 10.7. The van der Waals surface area contributed by atoms with Gasteiger partial charge in [-0.05, 0) is 43.8 Å². The van der Waals surface area contributed by atoms with Crippen molar-refractivity contribution >= 4 is 10.9 Å². The third-order valence-corrected chi connectivity index (χ3v) is 3.47. The second-order valence-electron chi connectivity index (χ2n) is 5.34. The van der Waals surface area contributed by atoms with Crippen molar-refractivity contribution in [3.8, 4) is 0 Å². The topological polar surface area (TPSA) is 49.7 Å². The fraction of sp³-hybridized carbons (Fsp3) is 0.412. The maximum atomic E-state index is 4.15. The molecule has 1 N–H and O–H groups in total. The lowest BCUT2D eigenvalue weighted by Gasteiger charge is -2.08. The summed E-state index contributed by atoms with van der Waals surface area (Å²) in [4.78, 5) is 9.53. The summed E-state index contributed by atoms with van der Waals surface area (Å²) in [5, 5.41) is 5.46. The second kappa shape index (κ2) is 7.75. The van der Waals surface area contributed by atoms with E-state index in [1.54, 1.807) is 12.7 Å². The van der Waals surface area contributed by atoms with Gasteiger partial charge in [-0.25, -0.2) is 9.67 Å². The zero-order valence-electron chi connectivity index (χ0n) is 13.9. The van der Waals surface area contributed by atoms with Gasteiger partial charge in [0, 0.05) is 23.6 Å². The number of aromatic nitrogens is 4. The van der Waals surface area contributed by atoms with E-state index in [0.29, 0.717) is 0 Å². The molecule has 3 rings (SSSR count). The van der Waals surface area contributed by atoms with Crippen LogP contribution in [-0.4, -0.2) is 45.3 Å². The van der Waals surface area contributed by atoms with E-state index in [4.69, 9.17) is 0 Å². The third kappa shape index (κ3) is 3.95. The number of hydrogen-bond donors (Lipinski definition) is 1. The molecule has 0 spiro atoms. The van der Waals surface area contributed by atoms with Crippen LogP contribution in [0.4, 0.5) is 0 Å². The molecule has 3 aromatic rings. The number of nitrogens with one attached hydrogen (secondary N) is 1. The zero-order valence-corrected chi connectivity index (χ0v) is 13.9. The van der Waals surface area contributed by atoms with Gasteiger partial charge in [0.25, 0.3) is 0 Å². The number of fused-ring (bicyclic) bond motifs is 1. The van der Waals surface area contributed by atoms with Gasteiger partial charge < -0.3 is 9.88 Å². The van der Waals surface area contributed by atoms with Gasteiger partial charge in [-0.2, -0.15) is 5.10 Å². The van der Waals surface area contributed by atoms with Crippen LogP contribution >= 0.6 is 0 Å². The van der Waals surface area contributed by atoms with Crippen LogP contribution in [-0.2, 0) is 13.0 Å². The van der Waals surface area contributed by atoms with Crippen molar-refractivity contribution in [1.82, 2.24) is 24.6 Å². The van der Waals surface area contributed by atoms with Gasteiger partial charge in [0.05, 0.1) is 6.54 Å². The molecule has 2 aromatic heterocycles. The zero-order chi connectivity index (χ0) is 15.9. The van der Waals surface area contributed by atoms with Crippen LogP contribution in [0.3, 0.4) is 0 Å². The lowest BCUT2D eigenvalue weighted by atomic mass is 10.1. The number of rotatable bonds is 5. The third-order valence-electron chi connectivity index (χ3n) is 3.47. The van der Waals surface area contributed by atoms with Crippen LogP contribution in [0.15, 0.2) is 37.1 Å². The molecular weight excluding hydrogens is 274 g/mol. The van der Waals surface area contributed by atoms with Gasteiger partial charge in [-0.15, -0.1) is 0 Å². The molecule has 118 valence electrons.